The van der Waals surface area contributed by atoms with E-state index in [2.05, 4.69) is 15.6 Å². The van der Waals surface area contributed by atoms with Crippen molar-refractivity contribution in [1.29, 1.82) is 0 Å². The van der Waals surface area contributed by atoms with Crippen LogP contribution in [0.3, 0.4) is 0 Å². The van der Waals surface area contributed by atoms with E-state index in [0.717, 1.165) is 29.7 Å². The summed E-state index contributed by atoms with van der Waals surface area (Å²) in [6, 6.07) is 14.9. The highest BCUT2D eigenvalue weighted by Gasteiger charge is 2.26. The molecular weight excluding hydrogens is 378 g/mol. The van der Waals surface area contributed by atoms with Gasteiger partial charge >= 0.3 is 6.03 Å². The quantitative estimate of drug-likeness (QED) is 0.610. The van der Waals surface area contributed by atoms with Crippen LogP contribution in [0.25, 0.3) is 11.0 Å². The smallest absolute Gasteiger partial charge is 0.319 e. The monoisotopic (exact) mass is 405 g/mol. The van der Waals surface area contributed by atoms with Gasteiger partial charge < -0.3 is 20.5 Å². The van der Waals surface area contributed by atoms with E-state index >= 15 is 0 Å². The third-order valence-corrected chi connectivity index (χ3v) is 5.39. The molecule has 1 aromatic heterocycles. The highest BCUT2D eigenvalue weighted by molar-refractivity contribution is 5.95. The number of piperidine rings is 1. The largest absolute Gasteiger partial charge is 0.342 e. The van der Waals surface area contributed by atoms with Crippen molar-refractivity contribution < 1.29 is 9.59 Å². The molecule has 3 N–H and O–H groups in total. The molecule has 2 heterocycles. The number of fused-ring (bicyclic) bond motifs is 1. The second-order valence-electron chi connectivity index (χ2n) is 8.04. The SMILES string of the molecule is CC(C)NC(=O)Nc1ccc(C(=O)N2CCC(c3nc4ccccc4[nH]3)CC2)cc1. The topological polar surface area (TPSA) is 90.1 Å². The normalized spacial score (nSPS) is 14.8. The summed E-state index contributed by atoms with van der Waals surface area (Å²) in [6.07, 6.45) is 1.78. The molecule has 1 fully saturated rings. The van der Waals surface area contributed by atoms with Gasteiger partial charge in [-0.15, -0.1) is 0 Å². The minimum absolute atomic E-state index is 0.0243. The third kappa shape index (κ3) is 4.45. The minimum atomic E-state index is -0.253. The van der Waals surface area contributed by atoms with Crippen LogP contribution in [-0.2, 0) is 0 Å². The van der Waals surface area contributed by atoms with Crippen LogP contribution < -0.4 is 10.6 Å². The van der Waals surface area contributed by atoms with Crippen LogP contribution in [0.1, 0.15) is 48.8 Å². The van der Waals surface area contributed by atoms with Crippen molar-refractivity contribution in [2.75, 3.05) is 18.4 Å². The van der Waals surface area contributed by atoms with Crippen molar-refractivity contribution in [1.82, 2.24) is 20.2 Å². The fraction of sp³-hybridized carbons (Fsp3) is 0.348. The fourth-order valence-corrected chi connectivity index (χ4v) is 3.83. The van der Waals surface area contributed by atoms with Gasteiger partial charge in [0.25, 0.3) is 5.91 Å². The zero-order chi connectivity index (χ0) is 21.1. The van der Waals surface area contributed by atoms with Gasteiger partial charge in [-0.2, -0.15) is 0 Å². The minimum Gasteiger partial charge on any atom is -0.342 e. The summed E-state index contributed by atoms with van der Waals surface area (Å²) in [5, 5.41) is 5.54. The molecule has 0 bridgehead atoms. The Morgan fingerprint density at radius 3 is 2.43 bits per heavy atom. The number of carbonyl (C=O) groups excluding carboxylic acids is 2. The summed E-state index contributed by atoms with van der Waals surface area (Å²) in [7, 11) is 0. The molecule has 0 unspecified atom stereocenters. The zero-order valence-corrected chi connectivity index (χ0v) is 17.3. The van der Waals surface area contributed by atoms with Gasteiger partial charge in [-0.25, -0.2) is 9.78 Å². The molecule has 30 heavy (non-hydrogen) atoms. The number of para-hydroxylation sites is 2. The first-order chi connectivity index (χ1) is 14.5. The van der Waals surface area contributed by atoms with Gasteiger partial charge in [0, 0.05) is 36.3 Å². The number of H-pyrrole nitrogens is 1. The second-order valence-corrected chi connectivity index (χ2v) is 8.04. The van der Waals surface area contributed by atoms with Gasteiger partial charge in [0.1, 0.15) is 5.82 Å². The lowest BCUT2D eigenvalue weighted by Crippen LogP contribution is -2.38. The lowest BCUT2D eigenvalue weighted by Gasteiger charge is -2.31. The average Bonchev–Trinajstić information content (AvgIpc) is 3.17. The van der Waals surface area contributed by atoms with Crippen LogP contribution in [0.5, 0.6) is 0 Å². The number of hydrogen-bond donors (Lipinski definition) is 3. The molecule has 1 aliphatic heterocycles. The summed E-state index contributed by atoms with van der Waals surface area (Å²) < 4.78 is 0. The number of rotatable bonds is 4. The number of carbonyl (C=O) groups is 2. The molecule has 2 aromatic carbocycles. The highest BCUT2D eigenvalue weighted by Crippen LogP contribution is 2.28. The van der Waals surface area contributed by atoms with E-state index in [1.807, 2.05) is 43.0 Å². The standard InChI is InChI=1S/C23H27N5O2/c1-15(2)24-23(30)25-18-9-7-17(8-10-18)22(29)28-13-11-16(12-14-28)21-26-19-5-3-4-6-20(19)27-21/h3-10,15-16H,11-14H2,1-2H3,(H,26,27)(H2,24,25,30). The molecule has 1 aliphatic rings. The number of hydrogen-bond acceptors (Lipinski definition) is 3. The Kier molecular flexibility index (Phi) is 5.70. The van der Waals surface area contributed by atoms with Crippen LogP contribution >= 0.6 is 0 Å². The maximum absolute atomic E-state index is 12.9. The molecule has 0 atom stereocenters. The number of imidazole rings is 1. The van der Waals surface area contributed by atoms with E-state index in [1.54, 1.807) is 24.3 Å². The number of aromatic nitrogens is 2. The van der Waals surface area contributed by atoms with E-state index < -0.39 is 0 Å². The number of aromatic amines is 1. The average molecular weight is 406 g/mol. The van der Waals surface area contributed by atoms with Crippen molar-refractivity contribution in [2.24, 2.45) is 0 Å². The molecule has 0 saturated carbocycles. The lowest BCUT2D eigenvalue weighted by atomic mass is 9.95. The van der Waals surface area contributed by atoms with Gasteiger partial charge in [0.2, 0.25) is 0 Å². The van der Waals surface area contributed by atoms with E-state index in [1.165, 1.54) is 0 Å². The first kappa shape index (κ1) is 19.9. The molecule has 156 valence electrons. The van der Waals surface area contributed by atoms with Gasteiger partial charge in [-0.3, -0.25) is 4.79 Å². The number of nitrogens with zero attached hydrogens (tertiary/aromatic N) is 2. The Bertz CT molecular complexity index is 1000. The number of anilines is 1. The molecule has 0 aliphatic carbocycles. The highest BCUT2D eigenvalue weighted by atomic mass is 16.2. The first-order valence-electron chi connectivity index (χ1n) is 10.4. The summed E-state index contributed by atoms with van der Waals surface area (Å²) in [5.41, 5.74) is 3.34. The van der Waals surface area contributed by atoms with E-state index in [0.29, 0.717) is 30.3 Å². The van der Waals surface area contributed by atoms with E-state index in [-0.39, 0.29) is 18.0 Å². The van der Waals surface area contributed by atoms with Crippen LogP contribution in [-0.4, -0.2) is 45.9 Å². The van der Waals surface area contributed by atoms with Crippen LogP contribution in [0.15, 0.2) is 48.5 Å². The number of amides is 3. The maximum Gasteiger partial charge on any atom is 0.319 e. The van der Waals surface area contributed by atoms with Gasteiger partial charge in [0.15, 0.2) is 0 Å². The second kappa shape index (κ2) is 8.57. The Balaban J connectivity index is 1.34. The Hall–Kier alpha value is -3.35. The lowest BCUT2D eigenvalue weighted by molar-refractivity contribution is 0.0711. The van der Waals surface area contributed by atoms with Gasteiger partial charge in [-0.05, 0) is 63.1 Å². The van der Waals surface area contributed by atoms with Gasteiger partial charge in [-0.1, -0.05) is 12.1 Å². The van der Waals surface area contributed by atoms with Crippen molar-refractivity contribution in [3.8, 4) is 0 Å². The summed E-state index contributed by atoms with van der Waals surface area (Å²) >= 11 is 0. The number of likely N-dealkylation sites (tertiary alicyclic amines) is 1. The van der Waals surface area contributed by atoms with Crippen LogP contribution in [0.2, 0.25) is 0 Å². The van der Waals surface area contributed by atoms with Gasteiger partial charge in [0.05, 0.1) is 11.0 Å². The van der Waals surface area contributed by atoms with E-state index in [9.17, 15) is 9.59 Å². The molecule has 0 radical (unpaired) electrons. The molecule has 4 rings (SSSR count). The molecule has 3 aromatic rings. The molecule has 1 saturated heterocycles. The van der Waals surface area contributed by atoms with Crippen molar-refractivity contribution in [3.63, 3.8) is 0 Å². The molecule has 7 heteroatoms. The van der Waals surface area contributed by atoms with E-state index in [4.69, 9.17) is 4.98 Å². The fourth-order valence-electron chi connectivity index (χ4n) is 3.83. The number of nitrogens with one attached hydrogen (secondary N) is 3. The maximum atomic E-state index is 12.9. The van der Waals surface area contributed by atoms with Crippen molar-refractivity contribution >= 4 is 28.7 Å². The van der Waals surface area contributed by atoms with Crippen molar-refractivity contribution in [3.05, 3.63) is 59.9 Å². The summed E-state index contributed by atoms with van der Waals surface area (Å²) in [6.45, 7) is 5.21. The van der Waals surface area contributed by atoms with Crippen LogP contribution in [0.4, 0.5) is 10.5 Å². The summed E-state index contributed by atoms with van der Waals surface area (Å²) in [4.78, 5) is 34.7. The predicted octanol–water partition coefficient (Wildman–Crippen LogP) is 4.11. The van der Waals surface area contributed by atoms with Crippen molar-refractivity contribution in [2.45, 2.75) is 38.6 Å². The van der Waals surface area contributed by atoms with Crippen LogP contribution in [0, 0.1) is 0 Å². The first-order valence-corrected chi connectivity index (χ1v) is 10.4. The molecular formula is C23H27N5O2. The Labute approximate surface area is 175 Å². The Morgan fingerprint density at radius 2 is 1.77 bits per heavy atom. The summed E-state index contributed by atoms with van der Waals surface area (Å²) in [5.74, 6) is 1.38. The molecule has 0 spiro atoms. The molecule has 3 amide bonds. The predicted molar refractivity (Wildman–Crippen MR) is 118 cm³/mol. The zero-order valence-electron chi connectivity index (χ0n) is 17.3. The Morgan fingerprint density at radius 1 is 1.07 bits per heavy atom. The number of urea groups is 1. The third-order valence-electron chi connectivity index (χ3n) is 5.39. The number of benzene rings is 2. The molecule has 7 nitrogen and oxygen atoms in total.